The molecule has 2 N–H and O–H groups in total. The maximum Gasteiger partial charge on any atom is 0.244 e. The van der Waals surface area contributed by atoms with E-state index in [-0.39, 0.29) is 10.9 Å². The highest BCUT2D eigenvalue weighted by molar-refractivity contribution is 9.10. The third-order valence-electron chi connectivity index (χ3n) is 2.94. The zero-order valence-corrected chi connectivity index (χ0v) is 12.7. The average molecular weight is 333 g/mol. The minimum absolute atomic E-state index is 0.170. The molecule has 1 aromatic rings. The maximum absolute atomic E-state index is 12.6. The Balaban J connectivity index is 2.42. The number of nitrogens with zero attached hydrogens (tertiary/aromatic N) is 1. The molecule has 1 saturated carbocycles. The molecular formula is C12H17BrN2O2S. The van der Waals surface area contributed by atoms with Gasteiger partial charge in [0.05, 0.1) is 4.90 Å². The molecule has 0 bridgehead atoms. The third kappa shape index (κ3) is 2.70. The molecule has 0 saturated heterocycles. The van der Waals surface area contributed by atoms with Crippen LogP contribution in [0.5, 0.6) is 0 Å². The molecule has 1 fully saturated rings. The minimum atomic E-state index is -3.45. The van der Waals surface area contributed by atoms with E-state index in [9.17, 15) is 8.42 Å². The first-order valence-electron chi connectivity index (χ1n) is 6.03. The van der Waals surface area contributed by atoms with Crippen LogP contribution in [0.3, 0.4) is 0 Å². The van der Waals surface area contributed by atoms with Crippen LogP contribution in [0.25, 0.3) is 0 Å². The predicted molar refractivity (Wildman–Crippen MR) is 75.8 cm³/mol. The second kappa shape index (κ2) is 5.19. The van der Waals surface area contributed by atoms with Crippen LogP contribution in [0, 0.1) is 0 Å². The van der Waals surface area contributed by atoms with E-state index in [1.807, 2.05) is 6.92 Å². The van der Waals surface area contributed by atoms with E-state index in [1.165, 1.54) is 6.07 Å². The highest BCUT2D eigenvalue weighted by Crippen LogP contribution is 2.35. The van der Waals surface area contributed by atoms with Gasteiger partial charge in [0, 0.05) is 22.7 Å². The smallest absolute Gasteiger partial charge is 0.244 e. The highest BCUT2D eigenvalue weighted by Gasteiger charge is 2.38. The summed E-state index contributed by atoms with van der Waals surface area (Å²) in [4.78, 5) is 0.267. The Morgan fingerprint density at radius 3 is 2.67 bits per heavy atom. The number of hydrogen-bond acceptors (Lipinski definition) is 3. The largest absolute Gasteiger partial charge is 0.399 e. The number of nitrogen functional groups attached to an aromatic ring is 1. The van der Waals surface area contributed by atoms with Crippen molar-refractivity contribution in [3.63, 3.8) is 0 Å². The van der Waals surface area contributed by atoms with Crippen molar-refractivity contribution in [2.24, 2.45) is 0 Å². The second-order valence-electron chi connectivity index (χ2n) is 4.54. The van der Waals surface area contributed by atoms with Crippen molar-refractivity contribution in [3.05, 3.63) is 22.7 Å². The Morgan fingerprint density at radius 2 is 2.11 bits per heavy atom. The van der Waals surface area contributed by atoms with Gasteiger partial charge in [-0.15, -0.1) is 0 Å². The van der Waals surface area contributed by atoms with Gasteiger partial charge in [-0.2, -0.15) is 4.31 Å². The molecule has 0 unspecified atom stereocenters. The van der Waals surface area contributed by atoms with Crippen molar-refractivity contribution in [2.45, 2.75) is 37.1 Å². The van der Waals surface area contributed by atoms with Crippen molar-refractivity contribution >= 4 is 31.6 Å². The summed E-state index contributed by atoms with van der Waals surface area (Å²) >= 11 is 3.29. The van der Waals surface area contributed by atoms with Crippen LogP contribution < -0.4 is 5.73 Å². The van der Waals surface area contributed by atoms with E-state index in [0.717, 1.165) is 19.3 Å². The summed E-state index contributed by atoms with van der Waals surface area (Å²) < 4.78 is 27.4. The van der Waals surface area contributed by atoms with Gasteiger partial charge >= 0.3 is 0 Å². The Labute approximate surface area is 116 Å². The molecule has 1 aliphatic rings. The second-order valence-corrected chi connectivity index (χ2v) is 7.25. The van der Waals surface area contributed by atoms with Gasteiger partial charge < -0.3 is 5.73 Å². The Bertz CT molecular complexity index is 541. The molecule has 100 valence electrons. The molecule has 0 heterocycles. The van der Waals surface area contributed by atoms with Gasteiger partial charge in [0.2, 0.25) is 10.0 Å². The zero-order chi connectivity index (χ0) is 13.3. The Morgan fingerprint density at radius 1 is 1.44 bits per heavy atom. The van der Waals surface area contributed by atoms with Crippen molar-refractivity contribution in [3.8, 4) is 0 Å². The molecule has 4 nitrogen and oxygen atoms in total. The lowest BCUT2D eigenvalue weighted by atomic mass is 10.3. The van der Waals surface area contributed by atoms with Crippen molar-refractivity contribution in [2.75, 3.05) is 12.3 Å². The normalized spacial score (nSPS) is 16.2. The number of halogens is 1. The van der Waals surface area contributed by atoms with E-state index in [1.54, 1.807) is 16.4 Å². The fourth-order valence-corrected chi connectivity index (χ4v) is 4.66. The summed E-state index contributed by atoms with van der Waals surface area (Å²) in [5.74, 6) is 0. The molecule has 6 heteroatoms. The molecule has 0 aromatic heterocycles. The standard InChI is InChI=1S/C12H17BrN2O2S/c1-2-7-15(10-4-5-10)18(16,17)12-8-9(14)3-6-11(12)13/h3,6,8,10H,2,4-5,7,14H2,1H3. The number of nitrogens with two attached hydrogens (primary N) is 1. The first-order chi connectivity index (χ1) is 8.46. The number of anilines is 1. The SMILES string of the molecule is CCCN(C1CC1)S(=O)(=O)c1cc(N)ccc1Br. The third-order valence-corrected chi connectivity index (χ3v) is 5.89. The zero-order valence-electron chi connectivity index (χ0n) is 10.3. The Hall–Kier alpha value is -0.590. The van der Waals surface area contributed by atoms with Crippen molar-refractivity contribution < 1.29 is 8.42 Å². The first kappa shape index (κ1) is 13.8. The number of benzene rings is 1. The van der Waals surface area contributed by atoms with Gasteiger partial charge in [-0.3, -0.25) is 0 Å². The monoisotopic (exact) mass is 332 g/mol. The van der Waals surface area contributed by atoms with E-state index >= 15 is 0 Å². The summed E-state index contributed by atoms with van der Waals surface area (Å²) in [7, 11) is -3.45. The lowest BCUT2D eigenvalue weighted by Gasteiger charge is -2.22. The lowest BCUT2D eigenvalue weighted by molar-refractivity contribution is 0.403. The van der Waals surface area contributed by atoms with E-state index in [2.05, 4.69) is 15.9 Å². The lowest BCUT2D eigenvalue weighted by Crippen LogP contribution is -2.34. The summed E-state index contributed by atoms with van der Waals surface area (Å²) in [5, 5.41) is 0. The van der Waals surface area contributed by atoms with Gasteiger partial charge in [0.25, 0.3) is 0 Å². The van der Waals surface area contributed by atoms with E-state index in [0.29, 0.717) is 16.7 Å². The quantitative estimate of drug-likeness (QED) is 0.843. The number of sulfonamides is 1. The molecule has 0 amide bonds. The molecule has 0 aliphatic heterocycles. The van der Waals surface area contributed by atoms with Crippen LogP contribution in [0.4, 0.5) is 5.69 Å². The van der Waals surface area contributed by atoms with Gasteiger partial charge in [0.15, 0.2) is 0 Å². The van der Waals surface area contributed by atoms with Crippen molar-refractivity contribution in [1.82, 2.24) is 4.31 Å². The number of hydrogen-bond donors (Lipinski definition) is 1. The molecule has 0 spiro atoms. The average Bonchev–Trinajstić information content (AvgIpc) is 3.13. The van der Waals surface area contributed by atoms with Crippen LogP contribution in [0.2, 0.25) is 0 Å². The fourth-order valence-electron chi connectivity index (χ4n) is 1.93. The highest BCUT2D eigenvalue weighted by atomic mass is 79.9. The number of rotatable bonds is 5. The van der Waals surface area contributed by atoms with Crippen molar-refractivity contribution in [1.29, 1.82) is 0 Å². The molecule has 0 atom stereocenters. The summed E-state index contributed by atoms with van der Waals surface area (Å²) in [6.45, 7) is 2.55. The van der Waals surface area contributed by atoms with Gasteiger partial charge in [-0.25, -0.2) is 8.42 Å². The van der Waals surface area contributed by atoms with Gasteiger partial charge in [0.1, 0.15) is 0 Å². The first-order valence-corrected chi connectivity index (χ1v) is 8.27. The van der Waals surface area contributed by atoms with E-state index in [4.69, 9.17) is 5.73 Å². The molecule has 1 aliphatic carbocycles. The maximum atomic E-state index is 12.6. The van der Waals surface area contributed by atoms with Gasteiger partial charge in [-0.05, 0) is 53.4 Å². The molecule has 2 rings (SSSR count). The summed E-state index contributed by atoms with van der Waals surface area (Å²) in [6, 6.07) is 5.05. The summed E-state index contributed by atoms with van der Waals surface area (Å²) in [6.07, 6.45) is 2.73. The van der Waals surface area contributed by atoms with Crippen LogP contribution in [0.15, 0.2) is 27.6 Å². The minimum Gasteiger partial charge on any atom is -0.399 e. The topological polar surface area (TPSA) is 63.4 Å². The molecule has 0 radical (unpaired) electrons. The van der Waals surface area contributed by atoms with Crippen LogP contribution >= 0.6 is 15.9 Å². The Kier molecular flexibility index (Phi) is 3.99. The molecular weight excluding hydrogens is 316 g/mol. The van der Waals surface area contributed by atoms with Crippen LogP contribution in [-0.2, 0) is 10.0 Å². The van der Waals surface area contributed by atoms with Crippen LogP contribution in [-0.4, -0.2) is 25.3 Å². The molecule has 18 heavy (non-hydrogen) atoms. The summed E-state index contributed by atoms with van der Waals surface area (Å²) in [5.41, 5.74) is 6.15. The van der Waals surface area contributed by atoms with Crippen LogP contribution in [0.1, 0.15) is 26.2 Å². The predicted octanol–water partition coefficient (Wildman–Crippen LogP) is 2.59. The van der Waals surface area contributed by atoms with E-state index < -0.39 is 10.0 Å². The molecule has 1 aromatic carbocycles. The van der Waals surface area contributed by atoms with Gasteiger partial charge in [-0.1, -0.05) is 6.92 Å². The fraction of sp³-hybridized carbons (Fsp3) is 0.500.